The van der Waals surface area contributed by atoms with E-state index in [1.165, 1.54) is 17.3 Å². The third-order valence-electron chi connectivity index (χ3n) is 5.97. The van der Waals surface area contributed by atoms with Gasteiger partial charge in [-0.3, -0.25) is 9.69 Å². The maximum Gasteiger partial charge on any atom is 0.266 e. The zero-order valence-electron chi connectivity index (χ0n) is 21.0. The summed E-state index contributed by atoms with van der Waals surface area (Å²) in [6.07, 6.45) is 2.83. The first-order valence-corrected chi connectivity index (χ1v) is 13.0. The number of fused-ring (bicyclic) bond motifs is 1. The number of rotatable bonds is 8. The lowest BCUT2D eigenvalue weighted by molar-refractivity contribution is -0.121. The molecule has 3 aromatic carbocycles. The second-order valence-corrected chi connectivity index (χ2v) is 9.51. The summed E-state index contributed by atoms with van der Waals surface area (Å²) in [5.74, 6) is 2.62. The van der Waals surface area contributed by atoms with Gasteiger partial charge in [-0.1, -0.05) is 31.2 Å². The number of carbonyl (C=O) groups is 1. The van der Waals surface area contributed by atoms with Gasteiger partial charge in [0.05, 0.1) is 17.2 Å². The number of thioether (sulfide) groups is 1. The molecule has 0 saturated carbocycles. The average molecular weight is 517 g/mol. The summed E-state index contributed by atoms with van der Waals surface area (Å²) in [4.78, 5) is 19.8. The molecule has 1 fully saturated rings. The number of amides is 1. The van der Waals surface area contributed by atoms with Crippen LogP contribution in [0.25, 0.3) is 6.08 Å². The van der Waals surface area contributed by atoms with Crippen LogP contribution in [-0.4, -0.2) is 36.4 Å². The smallest absolute Gasteiger partial charge is 0.266 e. The highest BCUT2D eigenvalue weighted by molar-refractivity contribution is 8.18. The minimum Gasteiger partial charge on any atom is -0.490 e. The highest BCUT2D eigenvalue weighted by Crippen LogP contribution is 2.36. The number of likely N-dealkylation sites (N-methyl/N-ethyl adjacent to an activating group) is 1. The molecule has 1 amide bonds. The molecule has 1 saturated heterocycles. The molecular formula is C29H28N2O5S. The van der Waals surface area contributed by atoms with Crippen molar-refractivity contribution in [3.63, 3.8) is 0 Å². The van der Waals surface area contributed by atoms with E-state index in [1.54, 1.807) is 11.9 Å². The van der Waals surface area contributed by atoms with Crippen molar-refractivity contribution < 1.29 is 23.7 Å². The van der Waals surface area contributed by atoms with Crippen LogP contribution in [0.3, 0.4) is 0 Å². The number of amidine groups is 1. The third-order valence-corrected chi connectivity index (χ3v) is 7.03. The Labute approximate surface area is 220 Å². The SMILES string of the molecule is CCOc1cc(C=C2SC(=Nc3ccc(CC)cc3)N(C)C2=O)ccc1OCc1ccc2c(c1)OCO2. The number of carbonyl (C=O) groups excluding carboxylic acids is 1. The molecular weight excluding hydrogens is 488 g/mol. The molecule has 7 nitrogen and oxygen atoms in total. The van der Waals surface area contributed by atoms with Crippen molar-refractivity contribution in [3.8, 4) is 23.0 Å². The summed E-state index contributed by atoms with van der Waals surface area (Å²) in [5, 5.41) is 0.647. The lowest BCUT2D eigenvalue weighted by atomic mass is 10.1. The highest BCUT2D eigenvalue weighted by Gasteiger charge is 2.30. The van der Waals surface area contributed by atoms with E-state index < -0.39 is 0 Å². The van der Waals surface area contributed by atoms with Gasteiger partial charge in [-0.15, -0.1) is 0 Å². The molecule has 0 aromatic heterocycles. The first-order valence-electron chi connectivity index (χ1n) is 12.2. The molecule has 2 heterocycles. The maximum absolute atomic E-state index is 12.9. The van der Waals surface area contributed by atoms with Crippen LogP contribution in [0.15, 0.2) is 70.6 Å². The van der Waals surface area contributed by atoms with Gasteiger partial charge in [0, 0.05) is 7.05 Å². The van der Waals surface area contributed by atoms with Crippen LogP contribution < -0.4 is 18.9 Å². The molecule has 8 heteroatoms. The van der Waals surface area contributed by atoms with Crippen molar-refractivity contribution in [2.24, 2.45) is 4.99 Å². The lowest BCUT2D eigenvalue weighted by Gasteiger charge is -2.13. The van der Waals surface area contributed by atoms with E-state index in [4.69, 9.17) is 18.9 Å². The Morgan fingerprint density at radius 1 is 0.946 bits per heavy atom. The van der Waals surface area contributed by atoms with E-state index in [-0.39, 0.29) is 12.7 Å². The predicted octanol–water partition coefficient (Wildman–Crippen LogP) is 6.19. The van der Waals surface area contributed by atoms with E-state index in [2.05, 4.69) is 24.0 Å². The largest absolute Gasteiger partial charge is 0.490 e. The van der Waals surface area contributed by atoms with Gasteiger partial charge >= 0.3 is 0 Å². The molecule has 0 atom stereocenters. The molecule has 0 N–H and O–H groups in total. The molecule has 5 rings (SSSR count). The third kappa shape index (κ3) is 5.59. The van der Waals surface area contributed by atoms with Crippen LogP contribution in [0, 0.1) is 0 Å². The predicted molar refractivity (Wildman–Crippen MR) is 146 cm³/mol. The summed E-state index contributed by atoms with van der Waals surface area (Å²) >= 11 is 1.36. The minimum absolute atomic E-state index is 0.0879. The quantitative estimate of drug-likeness (QED) is 0.333. The zero-order chi connectivity index (χ0) is 25.8. The summed E-state index contributed by atoms with van der Waals surface area (Å²) in [6.45, 7) is 5.13. The molecule has 0 bridgehead atoms. The van der Waals surface area contributed by atoms with E-state index in [1.807, 2.05) is 61.5 Å². The first kappa shape index (κ1) is 24.8. The number of benzene rings is 3. The Morgan fingerprint density at radius 3 is 2.51 bits per heavy atom. The van der Waals surface area contributed by atoms with Crippen LogP contribution in [0.4, 0.5) is 5.69 Å². The Morgan fingerprint density at radius 2 is 1.73 bits per heavy atom. The van der Waals surface area contributed by atoms with Gasteiger partial charge < -0.3 is 18.9 Å². The van der Waals surface area contributed by atoms with Crippen LogP contribution >= 0.6 is 11.8 Å². The highest BCUT2D eigenvalue weighted by atomic mass is 32.2. The standard InChI is InChI=1S/C29H28N2O5S/c1-4-19-6-10-22(11-7-19)30-29-31(3)28(32)27(37-29)16-20-8-12-23(25(14-20)33-5-2)34-17-21-9-13-24-26(15-21)36-18-35-24/h6-16H,4-5,17-18H2,1-3H3. The summed E-state index contributed by atoms with van der Waals surface area (Å²) < 4.78 is 22.7. The second-order valence-electron chi connectivity index (χ2n) is 8.50. The van der Waals surface area contributed by atoms with Gasteiger partial charge in [-0.2, -0.15) is 0 Å². The van der Waals surface area contributed by atoms with Gasteiger partial charge in [0.15, 0.2) is 28.2 Å². The Hall–Kier alpha value is -3.91. The molecule has 2 aliphatic rings. The summed E-state index contributed by atoms with van der Waals surface area (Å²) in [7, 11) is 1.74. The molecule has 2 aliphatic heterocycles. The molecule has 0 spiro atoms. The summed E-state index contributed by atoms with van der Waals surface area (Å²) in [6, 6.07) is 19.5. The van der Waals surface area contributed by atoms with E-state index in [0.29, 0.717) is 34.8 Å². The van der Waals surface area contributed by atoms with Crippen molar-refractivity contribution in [2.75, 3.05) is 20.4 Å². The fourth-order valence-corrected chi connectivity index (χ4v) is 4.90. The van der Waals surface area contributed by atoms with Gasteiger partial charge in [0.1, 0.15) is 6.61 Å². The molecule has 0 aliphatic carbocycles. The van der Waals surface area contributed by atoms with Crippen molar-refractivity contribution in [3.05, 3.63) is 82.3 Å². The number of nitrogens with zero attached hydrogens (tertiary/aromatic N) is 2. The second kappa shape index (κ2) is 11.0. The Bertz CT molecular complexity index is 1370. The van der Waals surface area contributed by atoms with Crippen molar-refractivity contribution in [1.82, 2.24) is 4.90 Å². The molecule has 37 heavy (non-hydrogen) atoms. The van der Waals surface area contributed by atoms with Crippen molar-refractivity contribution in [1.29, 1.82) is 0 Å². The number of aliphatic imine (C=N–C) groups is 1. The van der Waals surface area contributed by atoms with Gasteiger partial charge in [-0.25, -0.2) is 4.99 Å². The van der Waals surface area contributed by atoms with E-state index >= 15 is 0 Å². The van der Waals surface area contributed by atoms with Crippen LogP contribution in [0.1, 0.15) is 30.5 Å². The minimum atomic E-state index is -0.0879. The fourth-order valence-electron chi connectivity index (χ4n) is 3.91. The topological polar surface area (TPSA) is 69.6 Å². The molecule has 190 valence electrons. The van der Waals surface area contributed by atoms with Crippen LogP contribution in [0.5, 0.6) is 23.0 Å². The molecule has 0 unspecified atom stereocenters. The van der Waals surface area contributed by atoms with Gasteiger partial charge in [-0.05, 0) is 84.3 Å². The number of aryl methyl sites for hydroxylation is 1. The van der Waals surface area contributed by atoms with Crippen molar-refractivity contribution >= 4 is 34.6 Å². The fraction of sp³-hybridized carbons (Fsp3) is 0.241. The van der Waals surface area contributed by atoms with Crippen LogP contribution in [-0.2, 0) is 17.8 Å². The number of hydrogen-bond donors (Lipinski definition) is 0. The lowest BCUT2D eigenvalue weighted by Crippen LogP contribution is -2.23. The normalized spacial score (nSPS) is 16.6. The first-order chi connectivity index (χ1) is 18.0. The monoisotopic (exact) mass is 516 g/mol. The van der Waals surface area contributed by atoms with Gasteiger partial charge in [0.2, 0.25) is 6.79 Å². The maximum atomic E-state index is 12.9. The van der Waals surface area contributed by atoms with E-state index in [9.17, 15) is 4.79 Å². The summed E-state index contributed by atoms with van der Waals surface area (Å²) in [5.41, 5.74) is 3.88. The number of hydrogen-bond acceptors (Lipinski definition) is 7. The molecule has 3 aromatic rings. The average Bonchev–Trinajstić information content (AvgIpc) is 3.49. The molecule has 0 radical (unpaired) electrons. The van der Waals surface area contributed by atoms with Crippen molar-refractivity contribution in [2.45, 2.75) is 26.9 Å². The number of ether oxygens (including phenoxy) is 4. The zero-order valence-corrected chi connectivity index (χ0v) is 21.8. The van der Waals surface area contributed by atoms with Gasteiger partial charge in [0.25, 0.3) is 5.91 Å². The van der Waals surface area contributed by atoms with E-state index in [0.717, 1.165) is 34.7 Å². The Kier molecular flexibility index (Phi) is 7.37. The van der Waals surface area contributed by atoms with Crippen LogP contribution in [0.2, 0.25) is 0 Å². The Balaban J connectivity index is 1.32.